The molecule has 0 aliphatic rings. The van der Waals surface area contributed by atoms with Crippen molar-refractivity contribution in [3.05, 3.63) is 40.5 Å². The van der Waals surface area contributed by atoms with E-state index in [1.54, 1.807) is 12.1 Å². The molecule has 2 nitrogen and oxygen atoms in total. The molecule has 1 aromatic carbocycles. The second kappa shape index (κ2) is 4.20. The summed E-state index contributed by atoms with van der Waals surface area (Å²) in [6.07, 6.45) is 0.306. The molecule has 0 N–H and O–H groups in total. The van der Waals surface area contributed by atoms with Crippen LogP contribution in [0.3, 0.4) is 0 Å². The van der Waals surface area contributed by atoms with Crippen molar-refractivity contribution in [2.24, 2.45) is 0 Å². The van der Waals surface area contributed by atoms with E-state index in [1.165, 1.54) is 23.5 Å². The van der Waals surface area contributed by atoms with Crippen LogP contribution < -0.4 is 0 Å². The van der Waals surface area contributed by atoms with E-state index >= 15 is 0 Å². The third-order valence-electron chi connectivity index (χ3n) is 1.90. The molecule has 0 amide bonds. The van der Waals surface area contributed by atoms with Crippen LogP contribution in [0.1, 0.15) is 5.01 Å². The maximum absolute atomic E-state index is 12.9. The molecule has 1 aromatic heterocycles. The Labute approximate surface area is 90.6 Å². The Hall–Kier alpha value is -1.73. The van der Waals surface area contributed by atoms with Gasteiger partial charge in [0.1, 0.15) is 10.8 Å². The smallest absolute Gasteiger partial charge is 0.123 e. The lowest BCUT2D eigenvalue weighted by Gasteiger charge is -1.95. The van der Waals surface area contributed by atoms with E-state index in [0.29, 0.717) is 6.42 Å². The van der Waals surface area contributed by atoms with Gasteiger partial charge in [-0.05, 0) is 12.1 Å². The molecule has 0 aliphatic carbocycles. The molecule has 0 aliphatic heterocycles. The van der Waals surface area contributed by atoms with E-state index in [0.717, 1.165) is 16.3 Å². The predicted molar refractivity (Wildman–Crippen MR) is 56.8 cm³/mol. The van der Waals surface area contributed by atoms with Crippen molar-refractivity contribution in [3.8, 4) is 17.3 Å². The van der Waals surface area contributed by atoms with Crippen LogP contribution in [0.4, 0.5) is 4.39 Å². The minimum absolute atomic E-state index is 0.276. The zero-order chi connectivity index (χ0) is 10.7. The summed E-state index contributed by atoms with van der Waals surface area (Å²) in [5.41, 5.74) is 1.47. The Balaban J connectivity index is 2.34. The number of nitriles is 1. The summed E-state index contributed by atoms with van der Waals surface area (Å²) in [6.45, 7) is 0. The molecule has 0 spiro atoms. The average Bonchev–Trinajstić information content (AvgIpc) is 2.67. The number of rotatable bonds is 2. The number of nitrogens with zero attached hydrogens (tertiary/aromatic N) is 2. The molecule has 0 unspecified atom stereocenters. The molecule has 2 aromatic rings. The average molecular weight is 218 g/mol. The van der Waals surface area contributed by atoms with E-state index in [1.807, 2.05) is 11.4 Å². The number of thiazole rings is 1. The van der Waals surface area contributed by atoms with Crippen molar-refractivity contribution in [2.75, 3.05) is 0 Å². The first-order valence-corrected chi connectivity index (χ1v) is 5.25. The first-order chi connectivity index (χ1) is 7.29. The van der Waals surface area contributed by atoms with Gasteiger partial charge in [0.2, 0.25) is 0 Å². The molecule has 2 rings (SSSR count). The van der Waals surface area contributed by atoms with E-state index in [-0.39, 0.29) is 5.82 Å². The zero-order valence-electron chi connectivity index (χ0n) is 7.77. The van der Waals surface area contributed by atoms with Crippen LogP contribution in [0.15, 0.2) is 29.6 Å². The fourth-order valence-electron chi connectivity index (χ4n) is 1.24. The summed E-state index contributed by atoms with van der Waals surface area (Å²) in [5, 5.41) is 11.1. The fraction of sp³-hybridized carbons (Fsp3) is 0.0909. The minimum Gasteiger partial charge on any atom is -0.240 e. The van der Waals surface area contributed by atoms with Crippen molar-refractivity contribution < 1.29 is 4.39 Å². The highest BCUT2D eigenvalue weighted by molar-refractivity contribution is 7.10. The molecule has 1 heterocycles. The van der Waals surface area contributed by atoms with Crippen molar-refractivity contribution in [2.45, 2.75) is 6.42 Å². The molecule has 0 bridgehead atoms. The second-order valence-corrected chi connectivity index (χ2v) is 3.91. The molecule has 0 saturated heterocycles. The Morgan fingerprint density at radius 2 is 2.33 bits per heavy atom. The minimum atomic E-state index is -0.276. The lowest BCUT2D eigenvalue weighted by Crippen LogP contribution is -1.82. The van der Waals surface area contributed by atoms with Crippen molar-refractivity contribution in [3.63, 3.8) is 0 Å². The topological polar surface area (TPSA) is 36.7 Å². The summed E-state index contributed by atoms with van der Waals surface area (Å²) < 4.78 is 12.9. The summed E-state index contributed by atoms with van der Waals surface area (Å²) >= 11 is 1.42. The highest BCUT2D eigenvalue weighted by atomic mass is 32.1. The highest BCUT2D eigenvalue weighted by Crippen LogP contribution is 2.22. The van der Waals surface area contributed by atoms with Gasteiger partial charge in [-0.2, -0.15) is 5.26 Å². The third-order valence-corrected chi connectivity index (χ3v) is 2.75. The van der Waals surface area contributed by atoms with Gasteiger partial charge in [-0.1, -0.05) is 12.1 Å². The monoisotopic (exact) mass is 218 g/mol. The Kier molecular flexibility index (Phi) is 2.75. The van der Waals surface area contributed by atoms with Gasteiger partial charge in [-0.3, -0.25) is 0 Å². The van der Waals surface area contributed by atoms with Crippen LogP contribution >= 0.6 is 11.3 Å². The summed E-state index contributed by atoms with van der Waals surface area (Å²) in [6, 6.07) is 8.31. The Morgan fingerprint density at radius 3 is 3.07 bits per heavy atom. The molecular weight excluding hydrogens is 211 g/mol. The summed E-state index contributed by atoms with van der Waals surface area (Å²) in [5.74, 6) is -0.276. The van der Waals surface area contributed by atoms with Crippen LogP contribution in [0.2, 0.25) is 0 Å². The number of halogens is 1. The third kappa shape index (κ3) is 2.20. The van der Waals surface area contributed by atoms with Gasteiger partial charge in [0.25, 0.3) is 0 Å². The van der Waals surface area contributed by atoms with Crippen LogP contribution in [0.5, 0.6) is 0 Å². The van der Waals surface area contributed by atoms with Gasteiger partial charge in [-0.15, -0.1) is 11.3 Å². The molecule has 15 heavy (non-hydrogen) atoms. The number of hydrogen-bond donors (Lipinski definition) is 0. The first kappa shape index (κ1) is 9.81. The van der Waals surface area contributed by atoms with Crippen molar-refractivity contribution in [1.82, 2.24) is 4.98 Å². The largest absolute Gasteiger partial charge is 0.240 e. The Bertz CT molecular complexity index is 513. The van der Waals surface area contributed by atoms with Gasteiger partial charge in [0.05, 0.1) is 18.2 Å². The second-order valence-electron chi connectivity index (χ2n) is 2.97. The lowest BCUT2D eigenvalue weighted by molar-refractivity contribution is 0.628. The van der Waals surface area contributed by atoms with Gasteiger partial charge in [0, 0.05) is 10.9 Å². The van der Waals surface area contributed by atoms with Gasteiger partial charge in [0.15, 0.2) is 0 Å². The highest BCUT2D eigenvalue weighted by Gasteiger charge is 2.04. The SMILES string of the molecule is N#CCc1nc(-c2cccc(F)c2)cs1. The predicted octanol–water partition coefficient (Wildman–Crippen LogP) is 3.02. The van der Waals surface area contributed by atoms with E-state index in [4.69, 9.17) is 5.26 Å². The van der Waals surface area contributed by atoms with Crippen LogP contribution in [-0.4, -0.2) is 4.98 Å². The molecule has 0 saturated carbocycles. The maximum atomic E-state index is 12.9. The quantitative estimate of drug-likeness (QED) is 0.776. The number of hydrogen-bond acceptors (Lipinski definition) is 3. The van der Waals surface area contributed by atoms with Crippen molar-refractivity contribution in [1.29, 1.82) is 5.26 Å². The normalized spacial score (nSPS) is 9.87. The maximum Gasteiger partial charge on any atom is 0.123 e. The van der Waals surface area contributed by atoms with Crippen LogP contribution in [-0.2, 0) is 6.42 Å². The Morgan fingerprint density at radius 1 is 1.47 bits per heavy atom. The van der Waals surface area contributed by atoms with E-state index in [9.17, 15) is 4.39 Å². The molecule has 74 valence electrons. The molecule has 0 atom stereocenters. The first-order valence-electron chi connectivity index (χ1n) is 4.37. The van der Waals surface area contributed by atoms with Crippen LogP contribution in [0.25, 0.3) is 11.3 Å². The summed E-state index contributed by atoms with van der Waals surface area (Å²) in [4.78, 5) is 4.24. The molecule has 4 heteroatoms. The molecule has 0 fully saturated rings. The van der Waals surface area contributed by atoms with E-state index in [2.05, 4.69) is 4.98 Å². The fourth-order valence-corrected chi connectivity index (χ4v) is 1.98. The lowest BCUT2D eigenvalue weighted by atomic mass is 10.2. The number of benzene rings is 1. The van der Waals surface area contributed by atoms with Gasteiger partial charge >= 0.3 is 0 Å². The molecular formula is C11H7FN2S. The van der Waals surface area contributed by atoms with Crippen molar-refractivity contribution >= 4 is 11.3 Å². The van der Waals surface area contributed by atoms with E-state index < -0.39 is 0 Å². The standard InChI is InChI=1S/C11H7FN2S/c12-9-3-1-2-8(6-9)10-7-15-11(14-10)4-5-13/h1-3,6-7H,4H2. The zero-order valence-corrected chi connectivity index (χ0v) is 8.59. The van der Waals surface area contributed by atoms with Gasteiger partial charge < -0.3 is 0 Å². The van der Waals surface area contributed by atoms with Gasteiger partial charge in [-0.25, -0.2) is 9.37 Å². The number of aromatic nitrogens is 1. The molecule has 0 radical (unpaired) electrons. The summed E-state index contributed by atoms with van der Waals surface area (Å²) in [7, 11) is 0. The van der Waals surface area contributed by atoms with Crippen LogP contribution in [0, 0.1) is 17.1 Å².